The Hall–Kier alpha value is -3.50. The summed E-state index contributed by atoms with van der Waals surface area (Å²) in [5, 5.41) is 9.35. The first kappa shape index (κ1) is 19.8. The van der Waals surface area contributed by atoms with Crippen LogP contribution in [0.4, 0.5) is 0 Å². The van der Waals surface area contributed by atoms with E-state index < -0.39 is 0 Å². The molecule has 0 atom stereocenters. The van der Waals surface area contributed by atoms with Crippen LogP contribution in [0.15, 0.2) is 84.9 Å². The molecule has 0 amide bonds. The molecule has 0 aliphatic carbocycles. The number of hydrogen-bond acceptors (Lipinski definition) is 4. The smallest absolute Gasteiger partial charge is 0.119 e. The van der Waals surface area contributed by atoms with Crippen LogP contribution in [-0.2, 0) is 19.4 Å². The Labute approximate surface area is 176 Å². The summed E-state index contributed by atoms with van der Waals surface area (Å²) in [6, 6.07) is 28.1. The number of rotatable bonds is 7. The number of aliphatic hydroxyl groups excluding tert-OH is 1. The Morgan fingerprint density at radius 2 is 1.20 bits per heavy atom. The molecule has 1 N–H and O–H groups in total. The zero-order valence-corrected chi connectivity index (χ0v) is 17.0. The fourth-order valence-corrected chi connectivity index (χ4v) is 3.48. The van der Waals surface area contributed by atoms with Gasteiger partial charge in [-0.1, -0.05) is 48.5 Å². The predicted molar refractivity (Wildman–Crippen MR) is 118 cm³/mol. The minimum absolute atomic E-state index is 0.0469. The summed E-state index contributed by atoms with van der Waals surface area (Å²) >= 11 is 0. The third kappa shape index (κ3) is 4.91. The van der Waals surface area contributed by atoms with Crippen molar-refractivity contribution in [1.82, 2.24) is 9.97 Å². The van der Waals surface area contributed by atoms with Crippen molar-refractivity contribution in [3.8, 4) is 17.1 Å². The average Bonchev–Trinajstić information content (AvgIpc) is 2.80. The molecule has 0 saturated heterocycles. The van der Waals surface area contributed by atoms with Gasteiger partial charge in [-0.2, -0.15) is 0 Å². The number of methoxy groups -OCH3 is 1. The molecule has 2 aromatic carbocycles. The van der Waals surface area contributed by atoms with Gasteiger partial charge in [0.1, 0.15) is 5.75 Å². The topological polar surface area (TPSA) is 55.2 Å². The molecule has 150 valence electrons. The molecule has 0 fully saturated rings. The minimum atomic E-state index is 0.0469. The first-order chi connectivity index (χ1) is 14.7. The van der Waals surface area contributed by atoms with Crippen molar-refractivity contribution in [3.05, 3.63) is 113 Å². The third-order valence-corrected chi connectivity index (χ3v) is 4.95. The van der Waals surface area contributed by atoms with Crippen LogP contribution in [0.1, 0.15) is 28.1 Å². The zero-order chi connectivity index (χ0) is 20.8. The molecule has 0 unspecified atom stereocenters. The normalized spacial score (nSPS) is 10.7. The number of ether oxygens (including phenoxy) is 1. The van der Waals surface area contributed by atoms with Crippen molar-refractivity contribution in [2.75, 3.05) is 7.11 Å². The maximum Gasteiger partial charge on any atom is 0.119 e. The van der Waals surface area contributed by atoms with Crippen molar-refractivity contribution in [2.45, 2.75) is 19.4 Å². The van der Waals surface area contributed by atoms with Crippen LogP contribution >= 0.6 is 0 Å². The molecular weight excluding hydrogens is 372 g/mol. The Kier molecular flexibility index (Phi) is 6.16. The predicted octanol–water partition coefficient (Wildman–Crippen LogP) is 4.83. The van der Waals surface area contributed by atoms with Crippen LogP contribution < -0.4 is 4.74 Å². The Balaban J connectivity index is 1.55. The molecule has 4 heteroatoms. The second kappa shape index (κ2) is 9.33. The number of aromatic nitrogens is 2. The van der Waals surface area contributed by atoms with E-state index in [1.807, 2.05) is 72.8 Å². The van der Waals surface area contributed by atoms with Gasteiger partial charge in [-0.05, 0) is 53.1 Å². The number of aliphatic hydroxyl groups is 1. The summed E-state index contributed by atoms with van der Waals surface area (Å²) in [7, 11) is 1.68. The molecular formula is C26H24N2O2. The lowest BCUT2D eigenvalue weighted by molar-refractivity contribution is 0.281. The standard InChI is InChI=1S/C26H24N2O2/c1-30-24-11-3-7-20(17-24)16-23-10-5-13-26(28-23)25-12-4-9-22(27-25)15-19-6-2-8-21(14-19)18-29/h2-14,17,29H,15-16,18H2,1H3. The molecule has 4 rings (SSSR count). The van der Waals surface area contributed by atoms with Gasteiger partial charge in [0.2, 0.25) is 0 Å². The van der Waals surface area contributed by atoms with E-state index in [1.165, 1.54) is 0 Å². The van der Waals surface area contributed by atoms with E-state index in [9.17, 15) is 5.11 Å². The molecule has 2 aromatic heterocycles. The quantitative estimate of drug-likeness (QED) is 0.486. The van der Waals surface area contributed by atoms with E-state index >= 15 is 0 Å². The van der Waals surface area contributed by atoms with Gasteiger partial charge in [-0.25, -0.2) is 0 Å². The van der Waals surface area contributed by atoms with Gasteiger partial charge in [-0.15, -0.1) is 0 Å². The largest absolute Gasteiger partial charge is 0.497 e. The molecule has 0 radical (unpaired) electrons. The molecule has 30 heavy (non-hydrogen) atoms. The van der Waals surface area contributed by atoms with Gasteiger partial charge in [0.05, 0.1) is 25.1 Å². The monoisotopic (exact) mass is 396 g/mol. The van der Waals surface area contributed by atoms with Crippen LogP contribution in [0.3, 0.4) is 0 Å². The zero-order valence-electron chi connectivity index (χ0n) is 17.0. The molecule has 0 aliphatic heterocycles. The number of nitrogens with zero attached hydrogens (tertiary/aromatic N) is 2. The molecule has 0 bridgehead atoms. The Bertz CT molecular complexity index is 1050. The van der Waals surface area contributed by atoms with Gasteiger partial charge in [-0.3, -0.25) is 9.97 Å². The van der Waals surface area contributed by atoms with Crippen LogP contribution in [0.5, 0.6) is 5.75 Å². The molecule has 0 spiro atoms. The van der Waals surface area contributed by atoms with Crippen molar-refractivity contribution >= 4 is 0 Å². The van der Waals surface area contributed by atoms with E-state index in [1.54, 1.807) is 7.11 Å². The molecule has 0 saturated carbocycles. The first-order valence-electron chi connectivity index (χ1n) is 9.97. The van der Waals surface area contributed by atoms with Crippen LogP contribution in [-0.4, -0.2) is 22.2 Å². The van der Waals surface area contributed by atoms with E-state index in [2.05, 4.69) is 12.1 Å². The fourth-order valence-electron chi connectivity index (χ4n) is 3.48. The Morgan fingerprint density at radius 3 is 1.80 bits per heavy atom. The van der Waals surface area contributed by atoms with Crippen molar-refractivity contribution in [1.29, 1.82) is 0 Å². The number of pyridine rings is 2. The van der Waals surface area contributed by atoms with Gasteiger partial charge < -0.3 is 9.84 Å². The van der Waals surface area contributed by atoms with E-state index in [0.29, 0.717) is 6.42 Å². The highest BCUT2D eigenvalue weighted by Crippen LogP contribution is 2.20. The fraction of sp³-hybridized carbons (Fsp3) is 0.154. The summed E-state index contributed by atoms with van der Waals surface area (Å²) in [5.74, 6) is 0.850. The molecule has 0 aliphatic rings. The highest BCUT2D eigenvalue weighted by Gasteiger charge is 2.07. The van der Waals surface area contributed by atoms with Gasteiger partial charge in [0.25, 0.3) is 0 Å². The first-order valence-corrected chi connectivity index (χ1v) is 9.97. The molecule has 4 nitrogen and oxygen atoms in total. The lowest BCUT2D eigenvalue weighted by atomic mass is 10.1. The van der Waals surface area contributed by atoms with E-state index in [0.717, 1.165) is 51.6 Å². The lowest BCUT2D eigenvalue weighted by Gasteiger charge is -2.08. The third-order valence-electron chi connectivity index (χ3n) is 4.95. The van der Waals surface area contributed by atoms with Gasteiger partial charge in [0, 0.05) is 24.2 Å². The summed E-state index contributed by atoms with van der Waals surface area (Å²) in [6.07, 6.45) is 1.45. The molecule has 2 heterocycles. The van der Waals surface area contributed by atoms with Gasteiger partial charge >= 0.3 is 0 Å². The van der Waals surface area contributed by atoms with Crippen molar-refractivity contribution in [2.24, 2.45) is 0 Å². The SMILES string of the molecule is COc1cccc(Cc2cccc(-c3cccc(Cc4cccc(CO)c4)n3)n2)c1. The van der Waals surface area contributed by atoms with Gasteiger partial charge in [0.15, 0.2) is 0 Å². The maximum atomic E-state index is 9.35. The lowest BCUT2D eigenvalue weighted by Crippen LogP contribution is -1.98. The maximum absolute atomic E-state index is 9.35. The summed E-state index contributed by atoms with van der Waals surface area (Å²) in [4.78, 5) is 9.66. The highest BCUT2D eigenvalue weighted by molar-refractivity contribution is 5.54. The van der Waals surface area contributed by atoms with Crippen LogP contribution in [0, 0.1) is 0 Å². The van der Waals surface area contributed by atoms with E-state index in [4.69, 9.17) is 14.7 Å². The molecule has 4 aromatic rings. The second-order valence-corrected chi connectivity index (χ2v) is 7.21. The van der Waals surface area contributed by atoms with Crippen LogP contribution in [0.25, 0.3) is 11.4 Å². The minimum Gasteiger partial charge on any atom is -0.497 e. The summed E-state index contributed by atoms with van der Waals surface area (Å²) in [5.41, 5.74) is 6.89. The summed E-state index contributed by atoms with van der Waals surface area (Å²) in [6.45, 7) is 0.0469. The Morgan fingerprint density at radius 1 is 0.667 bits per heavy atom. The van der Waals surface area contributed by atoms with Crippen molar-refractivity contribution in [3.63, 3.8) is 0 Å². The van der Waals surface area contributed by atoms with Crippen molar-refractivity contribution < 1.29 is 9.84 Å². The number of hydrogen-bond donors (Lipinski definition) is 1. The number of benzene rings is 2. The second-order valence-electron chi connectivity index (χ2n) is 7.21. The summed E-state index contributed by atoms with van der Waals surface area (Å²) < 4.78 is 5.32. The highest BCUT2D eigenvalue weighted by atomic mass is 16.5. The van der Waals surface area contributed by atoms with Crippen LogP contribution in [0.2, 0.25) is 0 Å². The average molecular weight is 396 g/mol. The van der Waals surface area contributed by atoms with E-state index in [-0.39, 0.29) is 6.61 Å².